The Kier molecular flexibility index (Phi) is 6.24. The SMILES string of the molecule is Cc1cc(C(=O)N2CCc3sc(-c4nc(Nc5cccc(N6CCN(C)CC6)c5)nc5[nH]ccc45)cc3C2)no1. The predicted molar refractivity (Wildman–Crippen MR) is 156 cm³/mol. The van der Waals surface area contributed by atoms with Crippen LogP contribution in [0.4, 0.5) is 17.3 Å². The first-order valence-corrected chi connectivity index (χ1v) is 14.3. The number of piperazine rings is 1. The zero-order valence-corrected chi connectivity index (χ0v) is 23.3. The Morgan fingerprint density at radius 1 is 1.07 bits per heavy atom. The number of amides is 1. The molecule has 1 saturated heterocycles. The van der Waals surface area contributed by atoms with Crippen LogP contribution in [-0.2, 0) is 13.0 Å². The minimum absolute atomic E-state index is 0.101. The van der Waals surface area contributed by atoms with Gasteiger partial charge in [0, 0.05) is 73.2 Å². The average Bonchev–Trinajstić information content (AvgIpc) is 3.72. The topological polar surface area (TPSA) is 106 Å². The van der Waals surface area contributed by atoms with Gasteiger partial charge in [-0.2, -0.15) is 4.98 Å². The molecule has 2 aliphatic rings. The molecule has 0 aliphatic carbocycles. The van der Waals surface area contributed by atoms with Crippen molar-refractivity contribution in [3.05, 3.63) is 70.6 Å². The maximum absolute atomic E-state index is 13.0. The van der Waals surface area contributed by atoms with Crippen LogP contribution >= 0.6 is 11.3 Å². The summed E-state index contributed by atoms with van der Waals surface area (Å²) in [6, 6.07) is 14.3. The molecule has 1 aromatic carbocycles. The van der Waals surface area contributed by atoms with Crippen LogP contribution in [0, 0.1) is 6.92 Å². The molecule has 2 N–H and O–H groups in total. The van der Waals surface area contributed by atoms with Gasteiger partial charge in [-0.1, -0.05) is 11.2 Å². The van der Waals surface area contributed by atoms with Crippen molar-refractivity contribution < 1.29 is 9.32 Å². The molecular weight excluding hydrogens is 524 g/mol. The van der Waals surface area contributed by atoms with E-state index in [-0.39, 0.29) is 5.91 Å². The molecule has 1 fully saturated rings. The molecule has 7 rings (SSSR count). The van der Waals surface area contributed by atoms with Crippen LogP contribution in [0.1, 0.15) is 26.7 Å². The predicted octanol–water partition coefficient (Wildman–Crippen LogP) is 4.68. The molecule has 40 heavy (non-hydrogen) atoms. The fourth-order valence-electron chi connectivity index (χ4n) is 5.41. The van der Waals surface area contributed by atoms with E-state index in [9.17, 15) is 4.79 Å². The van der Waals surface area contributed by atoms with E-state index in [1.165, 1.54) is 10.6 Å². The molecule has 0 radical (unpaired) electrons. The maximum Gasteiger partial charge on any atom is 0.276 e. The number of aromatic nitrogens is 4. The summed E-state index contributed by atoms with van der Waals surface area (Å²) in [5, 5.41) is 8.33. The quantitative estimate of drug-likeness (QED) is 0.323. The van der Waals surface area contributed by atoms with Gasteiger partial charge in [-0.05, 0) is 56.3 Å². The molecule has 4 aromatic heterocycles. The number of anilines is 3. The number of hydrogen-bond donors (Lipinski definition) is 2. The van der Waals surface area contributed by atoms with Crippen molar-refractivity contribution in [3.63, 3.8) is 0 Å². The van der Waals surface area contributed by atoms with Crippen molar-refractivity contribution in [1.29, 1.82) is 0 Å². The highest BCUT2D eigenvalue weighted by Crippen LogP contribution is 2.37. The smallest absolute Gasteiger partial charge is 0.276 e. The minimum atomic E-state index is -0.101. The first-order chi connectivity index (χ1) is 19.5. The molecule has 6 heterocycles. The van der Waals surface area contributed by atoms with Gasteiger partial charge in [0.15, 0.2) is 5.69 Å². The Labute approximate surface area is 235 Å². The lowest BCUT2D eigenvalue weighted by Crippen LogP contribution is -2.44. The van der Waals surface area contributed by atoms with E-state index in [4.69, 9.17) is 14.5 Å². The number of aromatic amines is 1. The summed E-state index contributed by atoms with van der Waals surface area (Å²) in [7, 11) is 2.17. The third-order valence-electron chi connectivity index (χ3n) is 7.62. The molecule has 0 bridgehead atoms. The lowest BCUT2D eigenvalue weighted by Gasteiger charge is -2.34. The number of rotatable bonds is 5. The molecule has 0 saturated carbocycles. The summed E-state index contributed by atoms with van der Waals surface area (Å²) in [6.45, 7) is 7.13. The highest BCUT2D eigenvalue weighted by molar-refractivity contribution is 7.15. The zero-order valence-electron chi connectivity index (χ0n) is 22.5. The second kappa shape index (κ2) is 10.1. The molecular formula is C29H30N8O2S. The Morgan fingerprint density at radius 2 is 1.95 bits per heavy atom. The number of carbonyl (C=O) groups excluding carboxylic acids is 1. The van der Waals surface area contributed by atoms with Crippen LogP contribution in [-0.4, -0.2) is 75.6 Å². The van der Waals surface area contributed by atoms with E-state index in [2.05, 4.69) is 56.6 Å². The van der Waals surface area contributed by atoms with Crippen molar-refractivity contribution in [2.24, 2.45) is 0 Å². The van der Waals surface area contributed by atoms with Gasteiger partial charge in [0.05, 0.1) is 10.6 Å². The number of aryl methyl sites for hydroxylation is 1. The Bertz CT molecular complexity index is 1700. The fourth-order valence-corrected chi connectivity index (χ4v) is 6.58. The van der Waals surface area contributed by atoms with Crippen molar-refractivity contribution in [1.82, 2.24) is 29.9 Å². The Morgan fingerprint density at radius 3 is 2.77 bits per heavy atom. The number of benzene rings is 1. The first kappa shape index (κ1) is 24.8. The lowest BCUT2D eigenvalue weighted by atomic mass is 10.1. The number of hydrogen-bond acceptors (Lipinski definition) is 9. The van der Waals surface area contributed by atoms with Crippen LogP contribution < -0.4 is 10.2 Å². The van der Waals surface area contributed by atoms with Crippen LogP contribution in [0.5, 0.6) is 0 Å². The second-order valence-electron chi connectivity index (χ2n) is 10.5. The molecule has 2 aliphatic heterocycles. The number of fused-ring (bicyclic) bond motifs is 2. The minimum Gasteiger partial charge on any atom is -0.369 e. The van der Waals surface area contributed by atoms with Crippen LogP contribution in [0.15, 0.2) is 53.2 Å². The number of thiophene rings is 1. The highest BCUT2D eigenvalue weighted by atomic mass is 32.1. The van der Waals surface area contributed by atoms with E-state index < -0.39 is 0 Å². The third kappa shape index (κ3) is 4.71. The lowest BCUT2D eigenvalue weighted by molar-refractivity contribution is 0.0725. The molecule has 11 heteroatoms. The Hall–Kier alpha value is -4.22. The third-order valence-corrected chi connectivity index (χ3v) is 8.86. The average molecular weight is 555 g/mol. The largest absolute Gasteiger partial charge is 0.369 e. The van der Waals surface area contributed by atoms with Crippen LogP contribution in [0.25, 0.3) is 21.6 Å². The monoisotopic (exact) mass is 554 g/mol. The van der Waals surface area contributed by atoms with Gasteiger partial charge in [-0.3, -0.25) is 4.79 Å². The molecule has 0 spiro atoms. The van der Waals surface area contributed by atoms with E-state index in [0.717, 1.165) is 65.5 Å². The summed E-state index contributed by atoms with van der Waals surface area (Å²) < 4.78 is 5.11. The van der Waals surface area contributed by atoms with Crippen molar-refractivity contribution in [2.45, 2.75) is 19.9 Å². The highest BCUT2D eigenvalue weighted by Gasteiger charge is 2.27. The second-order valence-corrected chi connectivity index (χ2v) is 11.6. The van der Waals surface area contributed by atoms with Gasteiger partial charge in [0.1, 0.15) is 11.4 Å². The normalized spacial score (nSPS) is 15.9. The van der Waals surface area contributed by atoms with Crippen LogP contribution in [0.2, 0.25) is 0 Å². The molecule has 204 valence electrons. The summed E-state index contributed by atoms with van der Waals surface area (Å²) >= 11 is 1.74. The van der Waals surface area contributed by atoms with E-state index >= 15 is 0 Å². The summed E-state index contributed by atoms with van der Waals surface area (Å²) in [5.74, 6) is 1.08. The van der Waals surface area contributed by atoms with E-state index in [0.29, 0.717) is 30.5 Å². The van der Waals surface area contributed by atoms with Crippen LogP contribution in [0.3, 0.4) is 0 Å². The van der Waals surface area contributed by atoms with Gasteiger partial charge >= 0.3 is 0 Å². The molecule has 10 nitrogen and oxygen atoms in total. The standard InChI is InChI=1S/C29H30N8O2S/c1-18-14-23(34-39-18)28(38)37-9-7-24-19(17-37)15-25(40-24)26-22-6-8-30-27(22)33-29(32-26)31-20-4-3-5-21(16-20)36-12-10-35(2)11-13-36/h3-6,8,14-16H,7,9-13,17H2,1-2H3,(H2,30,31,32,33). The summed E-state index contributed by atoms with van der Waals surface area (Å²) in [5.41, 5.74) is 5.33. The summed E-state index contributed by atoms with van der Waals surface area (Å²) in [4.78, 5) is 34.9. The zero-order chi connectivity index (χ0) is 27.2. The number of nitrogens with zero attached hydrogens (tertiary/aromatic N) is 6. The molecule has 5 aromatic rings. The number of H-pyrrole nitrogens is 1. The van der Waals surface area contributed by atoms with Crippen molar-refractivity contribution in [2.75, 3.05) is 50.0 Å². The fraction of sp³-hybridized carbons (Fsp3) is 0.310. The molecule has 0 unspecified atom stereocenters. The number of carbonyl (C=O) groups is 1. The van der Waals surface area contributed by atoms with Gasteiger partial charge in [-0.15, -0.1) is 11.3 Å². The number of nitrogens with one attached hydrogen (secondary N) is 2. The van der Waals surface area contributed by atoms with Gasteiger partial charge in [-0.25, -0.2) is 4.98 Å². The van der Waals surface area contributed by atoms with Gasteiger partial charge in [0.25, 0.3) is 5.91 Å². The van der Waals surface area contributed by atoms with Gasteiger partial charge < -0.3 is 29.5 Å². The molecule has 1 amide bonds. The summed E-state index contributed by atoms with van der Waals surface area (Å²) in [6.07, 6.45) is 2.70. The Balaban J connectivity index is 1.15. The number of likely N-dealkylation sites (N-methyl/N-ethyl adjacent to an activating group) is 1. The van der Waals surface area contributed by atoms with E-state index in [1.807, 2.05) is 23.2 Å². The van der Waals surface area contributed by atoms with E-state index in [1.54, 1.807) is 24.3 Å². The van der Waals surface area contributed by atoms with Crippen molar-refractivity contribution in [3.8, 4) is 10.6 Å². The van der Waals surface area contributed by atoms with Gasteiger partial charge in [0.2, 0.25) is 5.95 Å². The maximum atomic E-state index is 13.0. The first-order valence-electron chi connectivity index (χ1n) is 13.5. The molecule has 0 atom stereocenters. The van der Waals surface area contributed by atoms with Crippen molar-refractivity contribution >= 4 is 45.6 Å².